The first kappa shape index (κ1) is 35.2. The molecule has 0 aliphatic rings. The highest BCUT2D eigenvalue weighted by Crippen LogP contribution is 2.45. The van der Waals surface area contributed by atoms with E-state index >= 15 is 0 Å². The summed E-state index contributed by atoms with van der Waals surface area (Å²) in [6.07, 6.45) is 0. The van der Waals surface area contributed by atoms with Crippen LogP contribution in [0.1, 0.15) is 0 Å². The van der Waals surface area contributed by atoms with E-state index < -0.39 is 0 Å². The average Bonchev–Trinajstić information content (AvgIpc) is 4.05. The van der Waals surface area contributed by atoms with Crippen molar-refractivity contribution in [1.82, 2.24) is 15.0 Å². The lowest BCUT2D eigenvalue weighted by Crippen LogP contribution is -2.00. The van der Waals surface area contributed by atoms with Crippen molar-refractivity contribution in [3.8, 4) is 67.5 Å². The van der Waals surface area contributed by atoms with Crippen molar-refractivity contribution >= 4 is 65.8 Å². The molecule has 63 heavy (non-hydrogen) atoms. The van der Waals surface area contributed by atoms with E-state index in [0.717, 1.165) is 116 Å². The molecule has 0 saturated carbocycles. The third-order valence-corrected chi connectivity index (χ3v) is 12.2. The molecular formula is C57H33N3O3. The minimum Gasteiger partial charge on any atom is -0.456 e. The van der Waals surface area contributed by atoms with Crippen LogP contribution in [-0.2, 0) is 0 Å². The molecule has 9 aromatic carbocycles. The molecule has 0 saturated heterocycles. The number of benzene rings is 9. The molecule has 13 rings (SSSR count). The molecule has 6 heteroatoms. The molecular weight excluding hydrogens is 775 g/mol. The van der Waals surface area contributed by atoms with Gasteiger partial charge in [0.25, 0.3) is 0 Å². The highest BCUT2D eigenvalue weighted by molar-refractivity contribution is 6.18. The molecule has 0 amide bonds. The lowest BCUT2D eigenvalue weighted by molar-refractivity contribution is 0.668. The van der Waals surface area contributed by atoms with Gasteiger partial charge in [-0.1, -0.05) is 158 Å². The zero-order valence-corrected chi connectivity index (χ0v) is 33.6. The molecule has 294 valence electrons. The third-order valence-electron chi connectivity index (χ3n) is 12.2. The summed E-state index contributed by atoms with van der Waals surface area (Å²) in [4.78, 5) is 15.5. The van der Waals surface area contributed by atoms with E-state index in [4.69, 9.17) is 28.2 Å². The molecule has 0 aliphatic heterocycles. The second-order valence-corrected chi connectivity index (χ2v) is 15.9. The number of hydrogen-bond acceptors (Lipinski definition) is 6. The largest absolute Gasteiger partial charge is 0.456 e. The predicted molar refractivity (Wildman–Crippen MR) is 254 cm³/mol. The molecule has 0 fully saturated rings. The summed E-state index contributed by atoms with van der Waals surface area (Å²) in [5.41, 5.74) is 13.7. The van der Waals surface area contributed by atoms with Crippen molar-refractivity contribution in [2.24, 2.45) is 0 Å². The van der Waals surface area contributed by atoms with Crippen LogP contribution < -0.4 is 0 Å². The van der Waals surface area contributed by atoms with Crippen molar-refractivity contribution in [2.75, 3.05) is 0 Å². The zero-order chi connectivity index (χ0) is 41.4. The van der Waals surface area contributed by atoms with Crippen molar-refractivity contribution in [3.05, 3.63) is 200 Å². The van der Waals surface area contributed by atoms with Gasteiger partial charge in [-0.15, -0.1) is 0 Å². The van der Waals surface area contributed by atoms with E-state index in [1.165, 1.54) is 0 Å². The van der Waals surface area contributed by atoms with Crippen molar-refractivity contribution < 1.29 is 13.3 Å². The first-order chi connectivity index (χ1) is 31.2. The van der Waals surface area contributed by atoms with Crippen LogP contribution in [0.15, 0.2) is 213 Å². The van der Waals surface area contributed by atoms with Crippen LogP contribution in [0.2, 0.25) is 0 Å². The van der Waals surface area contributed by atoms with Crippen LogP contribution in [-0.4, -0.2) is 15.0 Å². The van der Waals surface area contributed by atoms with Gasteiger partial charge in [0.1, 0.15) is 33.5 Å². The molecule has 4 heterocycles. The number of rotatable bonds is 6. The fourth-order valence-corrected chi connectivity index (χ4v) is 9.14. The van der Waals surface area contributed by atoms with Crippen LogP contribution in [0.25, 0.3) is 133 Å². The van der Waals surface area contributed by atoms with Gasteiger partial charge >= 0.3 is 0 Å². The fourth-order valence-electron chi connectivity index (χ4n) is 9.14. The SMILES string of the molecule is c1ccc(-c2ccc(-c3nc(-c4ccccc4)nc(-c4cccc5oc6c(-c7ccc8oc9ccccc9c8c7)cc(-c7cccc8c7oc7ccccc78)cc6c45)n3)cc2)cc1. The monoisotopic (exact) mass is 807 g/mol. The van der Waals surface area contributed by atoms with E-state index in [-0.39, 0.29) is 0 Å². The number of furan rings is 3. The number of para-hydroxylation sites is 3. The summed E-state index contributed by atoms with van der Waals surface area (Å²) >= 11 is 0. The number of aromatic nitrogens is 3. The summed E-state index contributed by atoms with van der Waals surface area (Å²) in [6, 6.07) is 68.6. The maximum atomic E-state index is 6.97. The zero-order valence-electron chi connectivity index (χ0n) is 33.6. The Morgan fingerprint density at radius 2 is 0.746 bits per heavy atom. The molecule has 0 atom stereocenters. The molecule has 0 unspecified atom stereocenters. The minimum atomic E-state index is 0.553. The summed E-state index contributed by atoms with van der Waals surface area (Å²) in [5, 5.41) is 6.11. The van der Waals surface area contributed by atoms with Crippen LogP contribution >= 0.6 is 0 Å². The Kier molecular flexibility index (Phi) is 7.80. The predicted octanol–water partition coefficient (Wildman–Crippen LogP) is 15.6. The van der Waals surface area contributed by atoms with Crippen LogP contribution in [0.4, 0.5) is 0 Å². The molecule has 0 aliphatic carbocycles. The van der Waals surface area contributed by atoms with E-state index in [2.05, 4.69) is 121 Å². The van der Waals surface area contributed by atoms with Gasteiger partial charge in [0.15, 0.2) is 17.5 Å². The molecule has 0 radical (unpaired) electrons. The number of fused-ring (bicyclic) bond motifs is 9. The van der Waals surface area contributed by atoms with Gasteiger partial charge in [0.2, 0.25) is 0 Å². The van der Waals surface area contributed by atoms with Gasteiger partial charge < -0.3 is 13.3 Å². The topological polar surface area (TPSA) is 78.1 Å². The van der Waals surface area contributed by atoms with Crippen molar-refractivity contribution in [3.63, 3.8) is 0 Å². The maximum absolute atomic E-state index is 6.97. The Morgan fingerprint density at radius 3 is 1.52 bits per heavy atom. The summed E-state index contributed by atoms with van der Waals surface area (Å²) in [6.45, 7) is 0. The lowest BCUT2D eigenvalue weighted by atomic mass is 9.93. The van der Waals surface area contributed by atoms with Gasteiger partial charge in [0, 0.05) is 60.1 Å². The van der Waals surface area contributed by atoms with Gasteiger partial charge in [-0.05, 0) is 64.7 Å². The molecule has 0 bridgehead atoms. The van der Waals surface area contributed by atoms with E-state index in [9.17, 15) is 0 Å². The second kappa shape index (κ2) is 14.0. The van der Waals surface area contributed by atoms with Gasteiger partial charge in [0.05, 0.1) is 0 Å². The third kappa shape index (κ3) is 5.76. The quantitative estimate of drug-likeness (QED) is 0.166. The van der Waals surface area contributed by atoms with E-state index in [0.29, 0.717) is 17.5 Å². The average molecular weight is 808 g/mol. The summed E-state index contributed by atoms with van der Waals surface area (Å²) in [7, 11) is 0. The first-order valence-corrected chi connectivity index (χ1v) is 21.0. The molecule has 6 nitrogen and oxygen atoms in total. The highest BCUT2D eigenvalue weighted by atomic mass is 16.3. The lowest BCUT2D eigenvalue weighted by Gasteiger charge is -2.11. The van der Waals surface area contributed by atoms with Crippen LogP contribution in [0.5, 0.6) is 0 Å². The Bertz CT molecular complexity index is 3900. The standard InChI is InChI=1S/C57H33N3O3/c1-3-13-34(14-4-1)35-25-27-37(28-26-35)56-58-55(36-15-5-2-6-16-36)59-57(60-56)44-21-12-24-51-52(44)47-33-39(40-19-11-20-43-41-17-7-10-23-49(41)62-53(40)43)32-45(54(47)63-51)38-29-30-50-46(31-38)42-18-8-9-22-48(42)61-50/h1-33H. The van der Waals surface area contributed by atoms with Crippen LogP contribution in [0.3, 0.4) is 0 Å². The Morgan fingerprint density at radius 1 is 0.254 bits per heavy atom. The van der Waals surface area contributed by atoms with E-state index in [1.807, 2.05) is 78.9 Å². The van der Waals surface area contributed by atoms with Gasteiger partial charge in [-0.2, -0.15) is 0 Å². The van der Waals surface area contributed by atoms with E-state index in [1.54, 1.807) is 0 Å². The normalized spacial score (nSPS) is 11.8. The highest BCUT2D eigenvalue weighted by Gasteiger charge is 2.23. The van der Waals surface area contributed by atoms with Crippen molar-refractivity contribution in [2.45, 2.75) is 0 Å². The van der Waals surface area contributed by atoms with Crippen LogP contribution in [0, 0.1) is 0 Å². The Balaban J connectivity index is 1.07. The summed E-state index contributed by atoms with van der Waals surface area (Å²) in [5.74, 6) is 1.73. The molecule has 4 aromatic heterocycles. The molecule has 0 N–H and O–H groups in total. The maximum Gasteiger partial charge on any atom is 0.164 e. The van der Waals surface area contributed by atoms with Gasteiger partial charge in [-0.25, -0.2) is 15.0 Å². The number of nitrogens with zero attached hydrogens (tertiary/aromatic N) is 3. The summed E-state index contributed by atoms with van der Waals surface area (Å²) < 4.78 is 19.9. The molecule has 0 spiro atoms. The smallest absolute Gasteiger partial charge is 0.164 e. The Labute approximate surface area is 360 Å². The molecule has 13 aromatic rings. The number of hydrogen-bond donors (Lipinski definition) is 0. The Hall–Kier alpha value is -8.61. The van der Waals surface area contributed by atoms with Gasteiger partial charge in [-0.3, -0.25) is 0 Å². The second-order valence-electron chi connectivity index (χ2n) is 15.9. The minimum absolute atomic E-state index is 0.553. The van der Waals surface area contributed by atoms with Crippen molar-refractivity contribution in [1.29, 1.82) is 0 Å². The first-order valence-electron chi connectivity index (χ1n) is 21.0. The fraction of sp³-hybridized carbons (Fsp3) is 0.